The zero-order valence-corrected chi connectivity index (χ0v) is 11.7. The molecule has 5 atom stereocenters. The Morgan fingerprint density at radius 3 is 2.35 bits per heavy atom. The van der Waals surface area contributed by atoms with E-state index in [0.717, 1.165) is 5.56 Å². The molecule has 1 aromatic rings. The molecule has 110 valence electrons. The molecule has 7 heteroatoms. The van der Waals surface area contributed by atoms with Crippen LogP contribution < -0.4 is 5.43 Å². The van der Waals surface area contributed by atoms with Crippen LogP contribution in [0.4, 0.5) is 0 Å². The highest BCUT2D eigenvalue weighted by Gasteiger charge is 2.36. The fourth-order valence-electron chi connectivity index (χ4n) is 1.82. The minimum absolute atomic E-state index is 0.575. The lowest BCUT2D eigenvalue weighted by molar-refractivity contribution is -0.101. The van der Waals surface area contributed by atoms with E-state index in [0.29, 0.717) is 5.04 Å². The van der Waals surface area contributed by atoms with Gasteiger partial charge in [-0.1, -0.05) is 42.1 Å². The van der Waals surface area contributed by atoms with Crippen LogP contribution in [0.5, 0.6) is 0 Å². The maximum absolute atomic E-state index is 10.0. The van der Waals surface area contributed by atoms with E-state index in [1.165, 1.54) is 18.7 Å². The molecule has 0 radical (unpaired) electrons. The van der Waals surface area contributed by atoms with Crippen LogP contribution in [0.15, 0.2) is 35.4 Å². The Morgan fingerprint density at radius 1 is 1.10 bits per heavy atom. The first-order valence-corrected chi connectivity index (χ1v) is 7.16. The number of rotatable bonds is 5. The van der Waals surface area contributed by atoms with Crippen molar-refractivity contribution in [1.82, 2.24) is 5.43 Å². The van der Waals surface area contributed by atoms with Crippen molar-refractivity contribution in [2.24, 2.45) is 5.10 Å². The average molecular weight is 298 g/mol. The molecule has 0 aliphatic carbocycles. The third-order valence-corrected chi connectivity index (χ3v) is 4.25. The minimum Gasteiger partial charge on any atom is -0.391 e. The molecule has 0 unspecified atom stereocenters. The Hall–Kier alpha value is -1.12. The first kappa shape index (κ1) is 15.3. The predicted octanol–water partition coefficient (Wildman–Crippen LogP) is -0.526. The Labute approximate surface area is 121 Å². The van der Waals surface area contributed by atoms with Crippen molar-refractivity contribution >= 4 is 16.8 Å². The summed E-state index contributed by atoms with van der Waals surface area (Å²) < 4.78 is 0. The molecule has 0 amide bonds. The van der Waals surface area contributed by atoms with Gasteiger partial charge < -0.3 is 20.4 Å². The van der Waals surface area contributed by atoms with E-state index in [-0.39, 0.29) is 0 Å². The molecule has 0 fully saturated rings. The van der Waals surface area contributed by atoms with Gasteiger partial charge in [0.1, 0.15) is 28.7 Å². The Kier molecular flexibility index (Phi) is 5.00. The highest BCUT2D eigenvalue weighted by atomic mass is 32.2. The summed E-state index contributed by atoms with van der Waals surface area (Å²) in [6.45, 7) is 1.35. The van der Waals surface area contributed by atoms with Gasteiger partial charge in [0.2, 0.25) is 0 Å². The van der Waals surface area contributed by atoms with E-state index in [1.807, 2.05) is 30.3 Å². The number of aliphatic hydroxyl groups excluding tert-OH is 4. The van der Waals surface area contributed by atoms with Crippen LogP contribution in [0.3, 0.4) is 0 Å². The number of hydrogen-bond acceptors (Lipinski definition) is 7. The number of nitrogens with one attached hydrogen (secondary N) is 1. The van der Waals surface area contributed by atoms with Crippen LogP contribution in [0, 0.1) is 0 Å². The van der Waals surface area contributed by atoms with Crippen molar-refractivity contribution in [3.8, 4) is 0 Å². The zero-order valence-electron chi connectivity index (χ0n) is 10.9. The van der Waals surface area contributed by atoms with Crippen LogP contribution in [0.1, 0.15) is 12.5 Å². The summed E-state index contributed by atoms with van der Waals surface area (Å²) in [5, 5.41) is 42.9. The first-order valence-electron chi connectivity index (χ1n) is 6.28. The number of aliphatic hydroxyl groups is 4. The summed E-state index contributed by atoms with van der Waals surface area (Å²) in [6, 6.07) is 9.45. The molecule has 2 rings (SSSR count). The molecule has 0 aromatic heterocycles. The van der Waals surface area contributed by atoms with E-state index in [2.05, 4.69) is 10.5 Å². The third-order valence-electron chi connectivity index (χ3n) is 3.06. The van der Waals surface area contributed by atoms with Gasteiger partial charge >= 0.3 is 0 Å². The Morgan fingerprint density at radius 2 is 1.75 bits per heavy atom. The molecule has 0 bridgehead atoms. The maximum Gasteiger partial charge on any atom is 0.125 e. The van der Waals surface area contributed by atoms with Gasteiger partial charge in [0.25, 0.3) is 0 Å². The van der Waals surface area contributed by atoms with Gasteiger partial charge in [-0.15, -0.1) is 0 Å². The van der Waals surface area contributed by atoms with Gasteiger partial charge in [-0.2, -0.15) is 5.10 Å². The first-order chi connectivity index (χ1) is 9.50. The van der Waals surface area contributed by atoms with Crippen molar-refractivity contribution in [2.75, 3.05) is 0 Å². The summed E-state index contributed by atoms with van der Waals surface area (Å²) in [6.07, 6.45) is -5.24. The molecule has 1 heterocycles. The van der Waals surface area contributed by atoms with Crippen molar-refractivity contribution in [2.45, 2.75) is 36.7 Å². The minimum atomic E-state index is -1.45. The SMILES string of the molecule is C[C@H](O)[C@@H](O)[C@H](O)[C@H](O)[C@@H]1NN=C(c2ccccc2)S1. The predicted molar refractivity (Wildman–Crippen MR) is 77.2 cm³/mol. The Bertz CT molecular complexity index is 469. The number of thioether (sulfide) groups is 1. The summed E-state index contributed by atoms with van der Waals surface area (Å²) in [5.41, 5.74) is 3.64. The maximum atomic E-state index is 10.0. The van der Waals surface area contributed by atoms with Gasteiger partial charge in [0.05, 0.1) is 6.10 Å². The van der Waals surface area contributed by atoms with Crippen molar-refractivity contribution in [3.63, 3.8) is 0 Å². The van der Waals surface area contributed by atoms with Crippen molar-refractivity contribution in [3.05, 3.63) is 35.9 Å². The summed E-state index contributed by atoms with van der Waals surface area (Å²) in [4.78, 5) is 0. The molecular weight excluding hydrogens is 280 g/mol. The van der Waals surface area contributed by atoms with Crippen LogP contribution in [0.2, 0.25) is 0 Å². The monoisotopic (exact) mass is 298 g/mol. The topological polar surface area (TPSA) is 105 Å². The van der Waals surface area contributed by atoms with Crippen LogP contribution in [0.25, 0.3) is 0 Å². The number of benzene rings is 1. The zero-order chi connectivity index (χ0) is 14.7. The largest absolute Gasteiger partial charge is 0.391 e. The highest BCUT2D eigenvalue weighted by molar-refractivity contribution is 8.15. The number of hydrazone groups is 1. The highest BCUT2D eigenvalue weighted by Crippen LogP contribution is 2.26. The molecule has 20 heavy (non-hydrogen) atoms. The van der Waals surface area contributed by atoms with Crippen LogP contribution >= 0.6 is 11.8 Å². The van der Waals surface area contributed by atoms with Gasteiger partial charge in [-0.05, 0) is 6.92 Å². The summed E-state index contributed by atoms with van der Waals surface area (Å²) in [5.74, 6) is 0. The van der Waals surface area contributed by atoms with Gasteiger partial charge in [-0.3, -0.25) is 5.43 Å². The second-order valence-corrected chi connectivity index (χ2v) is 5.79. The van der Waals surface area contributed by atoms with Gasteiger partial charge in [-0.25, -0.2) is 0 Å². The van der Waals surface area contributed by atoms with Gasteiger partial charge in [0, 0.05) is 5.56 Å². The lowest BCUT2D eigenvalue weighted by Crippen LogP contribution is -2.49. The standard InChI is InChI=1S/C13H18N2O4S/c1-7(16)9(17)10(18)11(19)13-15-14-12(20-13)8-5-3-2-4-6-8/h2-7,9-11,13,15-19H,1H3/t7-,9+,10-,11-,13+/m0/s1. The molecule has 1 aromatic carbocycles. The van der Waals surface area contributed by atoms with Crippen molar-refractivity contribution in [1.29, 1.82) is 0 Å². The molecule has 1 aliphatic rings. The van der Waals surface area contributed by atoms with Gasteiger partial charge in [0.15, 0.2) is 0 Å². The quantitative estimate of drug-likeness (QED) is 0.501. The van der Waals surface area contributed by atoms with E-state index in [4.69, 9.17) is 0 Å². The lowest BCUT2D eigenvalue weighted by Gasteiger charge is -2.27. The smallest absolute Gasteiger partial charge is 0.125 e. The van der Waals surface area contributed by atoms with Crippen molar-refractivity contribution < 1.29 is 20.4 Å². The third kappa shape index (κ3) is 3.31. The average Bonchev–Trinajstić information content (AvgIpc) is 2.95. The second-order valence-electron chi connectivity index (χ2n) is 4.66. The molecular formula is C13H18N2O4S. The fourth-order valence-corrected chi connectivity index (χ4v) is 2.85. The van der Waals surface area contributed by atoms with Crippen LogP contribution in [-0.2, 0) is 0 Å². The van der Waals surface area contributed by atoms with E-state index in [1.54, 1.807) is 0 Å². The molecule has 0 saturated carbocycles. The molecule has 0 saturated heterocycles. The molecule has 0 spiro atoms. The molecule has 5 N–H and O–H groups in total. The summed E-state index contributed by atoms with van der Waals surface area (Å²) >= 11 is 1.27. The molecule has 6 nitrogen and oxygen atoms in total. The fraction of sp³-hybridized carbons (Fsp3) is 0.462. The van der Waals surface area contributed by atoms with Crippen LogP contribution in [-0.4, -0.2) is 55.3 Å². The van der Waals surface area contributed by atoms with E-state index >= 15 is 0 Å². The molecule has 1 aliphatic heterocycles. The lowest BCUT2D eigenvalue weighted by atomic mass is 10.0. The van der Waals surface area contributed by atoms with E-state index < -0.39 is 29.8 Å². The van der Waals surface area contributed by atoms with E-state index in [9.17, 15) is 20.4 Å². The Balaban J connectivity index is 1.97. The number of nitrogens with zero attached hydrogens (tertiary/aromatic N) is 1. The normalized spacial score (nSPS) is 24.4. The number of hydrogen-bond donors (Lipinski definition) is 5. The second kappa shape index (κ2) is 6.55. The summed E-state index contributed by atoms with van der Waals surface area (Å²) in [7, 11) is 0.